The maximum absolute atomic E-state index is 12.4. The number of carbonyl (C=O) groups excluding carboxylic acids is 2. The van der Waals surface area contributed by atoms with Gasteiger partial charge in [-0.3, -0.25) is 19.7 Å². The van der Waals surface area contributed by atoms with Gasteiger partial charge in [0, 0.05) is 29.8 Å². The fraction of sp³-hybridized carbons (Fsp3) is 0.238. The van der Waals surface area contributed by atoms with E-state index in [2.05, 4.69) is 15.5 Å². The lowest BCUT2D eigenvalue weighted by molar-refractivity contribution is -0.384. The molecule has 0 aliphatic carbocycles. The Morgan fingerprint density at radius 3 is 2.58 bits per heavy atom. The number of aryl methyl sites for hydroxylation is 1. The number of nitrogens with one attached hydrogen (secondary N) is 1. The number of amides is 1. The number of rotatable bonds is 9. The predicted octanol–water partition coefficient (Wildman–Crippen LogP) is 3.42. The molecule has 31 heavy (non-hydrogen) atoms. The van der Waals surface area contributed by atoms with Crippen molar-refractivity contribution >= 4 is 29.1 Å². The van der Waals surface area contributed by atoms with Crippen LogP contribution >= 0.6 is 11.8 Å². The minimum atomic E-state index is -0.533. The highest BCUT2D eigenvalue weighted by atomic mass is 32.2. The van der Waals surface area contributed by atoms with Crippen LogP contribution in [-0.4, -0.2) is 37.1 Å². The van der Waals surface area contributed by atoms with Crippen LogP contribution in [0.25, 0.3) is 0 Å². The zero-order chi connectivity index (χ0) is 22.4. The molecule has 1 N–H and O–H groups in total. The van der Waals surface area contributed by atoms with E-state index in [1.807, 2.05) is 30.5 Å². The summed E-state index contributed by atoms with van der Waals surface area (Å²) in [5.41, 5.74) is 1.71. The minimum Gasteiger partial charge on any atom is -0.345 e. The molecule has 9 nitrogen and oxygen atoms in total. The van der Waals surface area contributed by atoms with Gasteiger partial charge in [0.15, 0.2) is 16.8 Å². The minimum absolute atomic E-state index is 0.0644. The molecule has 1 amide bonds. The van der Waals surface area contributed by atoms with Gasteiger partial charge in [0.05, 0.1) is 17.2 Å². The lowest BCUT2D eigenvalue weighted by Crippen LogP contribution is -2.24. The first-order chi connectivity index (χ1) is 14.9. The van der Waals surface area contributed by atoms with E-state index >= 15 is 0 Å². The Morgan fingerprint density at radius 1 is 1.13 bits per heavy atom. The summed E-state index contributed by atoms with van der Waals surface area (Å²) in [6, 6.07) is 12.9. The normalized spacial score (nSPS) is 10.6. The van der Waals surface area contributed by atoms with Crippen molar-refractivity contribution in [3.63, 3.8) is 0 Å². The first kappa shape index (κ1) is 22.2. The molecule has 0 bridgehead atoms. The van der Waals surface area contributed by atoms with E-state index in [1.165, 1.54) is 30.0 Å². The summed E-state index contributed by atoms with van der Waals surface area (Å²) in [4.78, 5) is 35.2. The molecule has 0 saturated heterocycles. The number of nitrogens with zero attached hydrogens (tertiary/aromatic N) is 4. The number of hydrogen-bond donors (Lipinski definition) is 1. The Balaban J connectivity index is 1.63. The molecule has 3 rings (SSSR count). The monoisotopic (exact) mass is 439 g/mol. The second kappa shape index (κ2) is 9.98. The van der Waals surface area contributed by atoms with Gasteiger partial charge in [-0.05, 0) is 26.0 Å². The van der Waals surface area contributed by atoms with Crippen molar-refractivity contribution in [1.82, 2.24) is 20.1 Å². The van der Waals surface area contributed by atoms with E-state index < -0.39 is 4.92 Å². The summed E-state index contributed by atoms with van der Waals surface area (Å²) in [6.45, 7) is 4.60. The van der Waals surface area contributed by atoms with Crippen LogP contribution < -0.4 is 5.32 Å². The second-order valence-electron chi connectivity index (χ2n) is 6.71. The van der Waals surface area contributed by atoms with Crippen molar-refractivity contribution in [1.29, 1.82) is 0 Å². The van der Waals surface area contributed by atoms with Crippen molar-refractivity contribution in [3.8, 4) is 0 Å². The summed E-state index contributed by atoms with van der Waals surface area (Å²) < 4.78 is 1.82. The largest absolute Gasteiger partial charge is 0.345 e. The highest BCUT2D eigenvalue weighted by Crippen LogP contribution is 2.20. The highest BCUT2D eigenvalue weighted by Gasteiger charge is 2.16. The van der Waals surface area contributed by atoms with Gasteiger partial charge in [-0.1, -0.05) is 41.6 Å². The fourth-order valence-corrected chi connectivity index (χ4v) is 3.84. The maximum atomic E-state index is 12.4. The number of nitro benzene ring substituents is 1. The van der Waals surface area contributed by atoms with Crippen LogP contribution in [-0.2, 0) is 13.1 Å². The average Bonchev–Trinajstić information content (AvgIpc) is 3.17. The summed E-state index contributed by atoms with van der Waals surface area (Å²) in [5, 5.41) is 22.5. The summed E-state index contributed by atoms with van der Waals surface area (Å²) in [5.74, 6) is 0.196. The molecule has 0 fully saturated rings. The maximum Gasteiger partial charge on any atom is 0.270 e. The molecule has 160 valence electrons. The van der Waals surface area contributed by atoms with Gasteiger partial charge in [0.25, 0.3) is 11.6 Å². The number of nitro groups is 1. The Labute approximate surface area is 183 Å². The number of aromatic nitrogens is 3. The molecule has 2 aromatic carbocycles. The number of Topliss-reactive ketones (excluding diaryl/α,β-unsaturated/α-hetero) is 1. The van der Waals surface area contributed by atoms with Crippen LogP contribution in [0.5, 0.6) is 0 Å². The summed E-state index contributed by atoms with van der Waals surface area (Å²) in [7, 11) is 0. The summed E-state index contributed by atoms with van der Waals surface area (Å²) in [6.07, 6.45) is 0. The van der Waals surface area contributed by atoms with Gasteiger partial charge in [-0.25, -0.2) is 0 Å². The molecule has 0 spiro atoms. The molecule has 0 aliphatic heterocycles. The van der Waals surface area contributed by atoms with Crippen LogP contribution in [0.2, 0.25) is 0 Å². The Morgan fingerprint density at radius 2 is 1.87 bits per heavy atom. The van der Waals surface area contributed by atoms with Crippen molar-refractivity contribution in [3.05, 3.63) is 81.2 Å². The zero-order valence-corrected chi connectivity index (χ0v) is 17.9. The van der Waals surface area contributed by atoms with Gasteiger partial charge < -0.3 is 9.88 Å². The highest BCUT2D eigenvalue weighted by molar-refractivity contribution is 7.99. The standard InChI is InChI=1S/C21H21N5O4S/c1-3-25-19(12-22-20(28)16-8-4-6-14(2)10-16)23-24-21(25)31-13-18(27)15-7-5-9-17(11-15)26(29)30/h4-11H,3,12-13H2,1-2H3,(H,22,28). The van der Waals surface area contributed by atoms with Crippen molar-refractivity contribution in [2.45, 2.75) is 32.1 Å². The molecule has 0 saturated carbocycles. The molecular formula is C21H21N5O4S. The number of benzene rings is 2. The smallest absolute Gasteiger partial charge is 0.270 e. The zero-order valence-electron chi connectivity index (χ0n) is 17.1. The third-order valence-corrected chi connectivity index (χ3v) is 5.48. The number of thioether (sulfide) groups is 1. The van der Waals surface area contributed by atoms with E-state index in [4.69, 9.17) is 0 Å². The molecule has 0 radical (unpaired) electrons. The second-order valence-corrected chi connectivity index (χ2v) is 7.66. The SMILES string of the molecule is CCn1c(CNC(=O)c2cccc(C)c2)nnc1SCC(=O)c1cccc([N+](=O)[O-])c1. The molecular weight excluding hydrogens is 418 g/mol. The average molecular weight is 439 g/mol. The fourth-order valence-electron chi connectivity index (χ4n) is 2.93. The quantitative estimate of drug-likeness (QED) is 0.235. The number of hydrogen-bond acceptors (Lipinski definition) is 7. The van der Waals surface area contributed by atoms with Gasteiger partial charge in [0.2, 0.25) is 0 Å². The van der Waals surface area contributed by atoms with E-state index in [9.17, 15) is 19.7 Å². The van der Waals surface area contributed by atoms with Crippen molar-refractivity contribution < 1.29 is 14.5 Å². The van der Waals surface area contributed by atoms with Crippen molar-refractivity contribution in [2.24, 2.45) is 0 Å². The first-order valence-electron chi connectivity index (χ1n) is 9.56. The molecule has 0 atom stereocenters. The van der Waals surface area contributed by atoms with Crippen LogP contribution in [0.15, 0.2) is 53.7 Å². The lowest BCUT2D eigenvalue weighted by Gasteiger charge is -2.09. The number of carbonyl (C=O) groups is 2. The first-order valence-corrected chi connectivity index (χ1v) is 10.5. The van der Waals surface area contributed by atoms with Gasteiger partial charge in [-0.2, -0.15) is 0 Å². The van der Waals surface area contributed by atoms with Crippen molar-refractivity contribution in [2.75, 3.05) is 5.75 Å². The third-order valence-electron chi connectivity index (χ3n) is 4.51. The molecule has 3 aromatic rings. The van der Waals surface area contributed by atoms with Crippen LogP contribution in [0.1, 0.15) is 39.0 Å². The predicted molar refractivity (Wildman–Crippen MR) is 116 cm³/mol. The van der Waals surface area contributed by atoms with Crippen LogP contribution in [0.4, 0.5) is 5.69 Å². The van der Waals surface area contributed by atoms with Gasteiger partial charge in [0.1, 0.15) is 0 Å². The van der Waals surface area contributed by atoms with E-state index in [-0.39, 0.29) is 35.2 Å². The van der Waals surface area contributed by atoms with E-state index in [0.29, 0.717) is 23.1 Å². The van der Waals surface area contributed by atoms with E-state index in [0.717, 1.165) is 5.56 Å². The number of non-ortho nitro benzene ring substituents is 1. The van der Waals surface area contributed by atoms with Crippen LogP contribution in [0.3, 0.4) is 0 Å². The Kier molecular flexibility index (Phi) is 7.14. The topological polar surface area (TPSA) is 120 Å². The Bertz CT molecular complexity index is 1130. The number of ketones is 1. The van der Waals surface area contributed by atoms with E-state index in [1.54, 1.807) is 18.2 Å². The molecule has 1 aromatic heterocycles. The van der Waals surface area contributed by atoms with Crippen LogP contribution in [0, 0.1) is 17.0 Å². The Hall–Kier alpha value is -3.53. The lowest BCUT2D eigenvalue weighted by atomic mass is 10.1. The van der Waals surface area contributed by atoms with Gasteiger partial charge >= 0.3 is 0 Å². The molecule has 0 unspecified atom stereocenters. The third kappa shape index (κ3) is 5.54. The molecule has 1 heterocycles. The van der Waals surface area contributed by atoms with Gasteiger partial charge in [-0.15, -0.1) is 10.2 Å². The molecule has 0 aliphatic rings. The molecule has 10 heteroatoms. The summed E-state index contributed by atoms with van der Waals surface area (Å²) >= 11 is 1.20.